The number of para-hydroxylation sites is 1. The van der Waals surface area contributed by atoms with Crippen LogP contribution in [0.25, 0.3) is 5.69 Å². The molecule has 0 bridgehead atoms. The molecule has 0 aliphatic carbocycles. The Bertz CT molecular complexity index is 1060. The van der Waals surface area contributed by atoms with Gasteiger partial charge in [-0.05, 0) is 74.3 Å². The van der Waals surface area contributed by atoms with Crippen LogP contribution in [-0.2, 0) is 6.42 Å². The normalized spacial score (nSPS) is 18.5. The first-order valence-corrected chi connectivity index (χ1v) is 11.7. The maximum atomic E-state index is 5.80. The van der Waals surface area contributed by atoms with Crippen molar-refractivity contribution in [2.24, 2.45) is 0 Å². The average Bonchev–Trinajstić information content (AvgIpc) is 3.27. The van der Waals surface area contributed by atoms with Gasteiger partial charge in [0.25, 0.3) is 0 Å². The van der Waals surface area contributed by atoms with Crippen LogP contribution in [0.3, 0.4) is 0 Å². The van der Waals surface area contributed by atoms with Gasteiger partial charge in [-0.25, -0.2) is 0 Å². The Morgan fingerprint density at radius 3 is 2.55 bits per heavy atom. The summed E-state index contributed by atoms with van der Waals surface area (Å²) in [5.74, 6) is 0. The lowest BCUT2D eigenvalue weighted by atomic mass is 9.96. The summed E-state index contributed by atoms with van der Waals surface area (Å²) >= 11 is 5.80. The molecule has 162 valence electrons. The number of thiocarbonyl (C=S) groups is 1. The number of rotatable bonds is 7. The molecule has 2 atom stereocenters. The molecule has 0 amide bonds. The summed E-state index contributed by atoms with van der Waals surface area (Å²) < 4.78 is 2.41. The number of aryl methyl sites for hydroxylation is 2. The molecule has 0 unspecified atom stereocenters. The molecule has 3 aromatic rings. The minimum Gasteiger partial charge on any atom is -0.352 e. The van der Waals surface area contributed by atoms with Crippen LogP contribution in [-0.4, -0.2) is 26.1 Å². The van der Waals surface area contributed by atoms with Crippen molar-refractivity contribution in [3.63, 3.8) is 0 Å². The van der Waals surface area contributed by atoms with Gasteiger partial charge in [-0.3, -0.25) is 4.98 Å². The van der Waals surface area contributed by atoms with Gasteiger partial charge < -0.3 is 14.8 Å². The Kier molecular flexibility index (Phi) is 6.42. The second-order valence-corrected chi connectivity index (χ2v) is 8.70. The molecule has 1 aromatic carbocycles. The Morgan fingerprint density at radius 1 is 1.06 bits per heavy atom. The molecule has 0 radical (unpaired) electrons. The fraction of sp³-hybridized carbons (Fsp3) is 0.385. The van der Waals surface area contributed by atoms with Gasteiger partial charge in [-0.1, -0.05) is 44.5 Å². The largest absolute Gasteiger partial charge is 0.352 e. The van der Waals surface area contributed by atoms with Crippen molar-refractivity contribution < 1.29 is 0 Å². The average molecular weight is 433 g/mol. The number of nitrogens with one attached hydrogen (secondary N) is 1. The van der Waals surface area contributed by atoms with Gasteiger partial charge in [-0.15, -0.1) is 0 Å². The molecular formula is C26H32N4S. The topological polar surface area (TPSA) is 33.1 Å². The number of nitrogens with zero attached hydrogens (tertiary/aromatic N) is 3. The summed E-state index contributed by atoms with van der Waals surface area (Å²) in [7, 11) is 0. The molecule has 1 fully saturated rings. The van der Waals surface area contributed by atoms with E-state index in [2.05, 4.69) is 89.9 Å². The number of benzene rings is 1. The zero-order valence-corrected chi connectivity index (χ0v) is 19.7. The molecule has 0 spiro atoms. The van der Waals surface area contributed by atoms with Gasteiger partial charge in [0, 0.05) is 29.8 Å². The van der Waals surface area contributed by atoms with Crippen molar-refractivity contribution in [1.82, 2.24) is 19.8 Å². The van der Waals surface area contributed by atoms with Gasteiger partial charge in [0.2, 0.25) is 0 Å². The van der Waals surface area contributed by atoms with E-state index in [4.69, 9.17) is 12.2 Å². The van der Waals surface area contributed by atoms with Gasteiger partial charge in [0.1, 0.15) is 0 Å². The summed E-state index contributed by atoms with van der Waals surface area (Å²) in [5.41, 5.74) is 7.52. The molecule has 1 aliphatic rings. The van der Waals surface area contributed by atoms with Gasteiger partial charge in [0.15, 0.2) is 5.11 Å². The van der Waals surface area contributed by atoms with Crippen LogP contribution < -0.4 is 5.32 Å². The van der Waals surface area contributed by atoms with E-state index in [0.717, 1.165) is 36.6 Å². The minimum absolute atomic E-state index is 0.0425. The number of hydrogen-bond acceptors (Lipinski definition) is 2. The predicted octanol–water partition coefficient (Wildman–Crippen LogP) is 5.82. The second kappa shape index (κ2) is 9.23. The monoisotopic (exact) mass is 432 g/mol. The highest BCUT2D eigenvalue weighted by Crippen LogP contribution is 2.41. The lowest BCUT2D eigenvalue weighted by molar-refractivity contribution is 0.312. The maximum absolute atomic E-state index is 5.80. The molecule has 2 aromatic heterocycles. The van der Waals surface area contributed by atoms with Crippen LogP contribution in [0.2, 0.25) is 0 Å². The predicted molar refractivity (Wildman–Crippen MR) is 132 cm³/mol. The lowest BCUT2D eigenvalue weighted by Crippen LogP contribution is -2.30. The fourth-order valence-corrected chi connectivity index (χ4v) is 5.13. The van der Waals surface area contributed by atoms with E-state index in [9.17, 15) is 0 Å². The molecule has 3 heterocycles. The summed E-state index contributed by atoms with van der Waals surface area (Å²) in [6.45, 7) is 9.84. The highest BCUT2D eigenvalue weighted by Gasteiger charge is 2.41. The highest BCUT2D eigenvalue weighted by atomic mass is 32.1. The van der Waals surface area contributed by atoms with Crippen LogP contribution in [0.5, 0.6) is 0 Å². The first-order valence-electron chi connectivity index (χ1n) is 11.3. The Hall–Kier alpha value is -2.66. The van der Waals surface area contributed by atoms with Crippen molar-refractivity contribution in [1.29, 1.82) is 0 Å². The summed E-state index contributed by atoms with van der Waals surface area (Å²) in [6.07, 6.45) is 5.14. The number of hydrogen-bond donors (Lipinski definition) is 1. The Labute approximate surface area is 191 Å². The first-order chi connectivity index (χ1) is 15.1. The summed E-state index contributed by atoms with van der Waals surface area (Å²) in [5, 5.41) is 4.41. The third-order valence-electron chi connectivity index (χ3n) is 6.35. The van der Waals surface area contributed by atoms with E-state index >= 15 is 0 Å². The van der Waals surface area contributed by atoms with E-state index < -0.39 is 0 Å². The molecule has 1 aliphatic heterocycles. The van der Waals surface area contributed by atoms with Crippen molar-refractivity contribution >= 4 is 17.3 Å². The summed E-state index contributed by atoms with van der Waals surface area (Å²) in [6, 6.07) is 17.3. The molecule has 5 heteroatoms. The van der Waals surface area contributed by atoms with Crippen LogP contribution in [0.15, 0.2) is 54.7 Å². The van der Waals surface area contributed by atoms with Crippen LogP contribution in [0.1, 0.15) is 67.0 Å². The standard InChI is InChI=1S/C26H32N4S/c1-5-7-16-29-25(24(28-26(29)31)22-13-10-11-15-27-22)21-17-18(3)30(19(21)4)23-14-9-8-12-20(23)6-2/h8-15,17,24-25H,5-7,16H2,1-4H3,(H,28,31)/t24-,25+/m0/s1. The third kappa shape index (κ3) is 3.99. The molecule has 4 rings (SSSR count). The number of pyridine rings is 1. The summed E-state index contributed by atoms with van der Waals surface area (Å²) in [4.78, 5) is 7.05. The van der Waals surface area contributed by atoms with Crippen molar-refractivity contribution in [2.75, 3.05) is 6.54 Å². The molecule has 31 heavy (non-hydrogen) atoms. The Morgan fingerprint density at radius 2 is 1.84 bits per heavy atom. The highest BCUT2D eigenvalue weighted by molar-refractivity contribution is 7.80. The maximum Gasteiger partial charge on any atom is 0.170 e. The van der Waals surface area contributed by atoms with Crippen molar-refractivity contribution in [2.45, 2.75) is 59.0 Å². The SMILES string of the molecule is CCCCN1C(=S)N[C@@H](c2ccccn2)[C@H]1c1cc(C)n(-c2ccccc2CC)c1C. The van der Waals surface area contributed by atoms with E-state index in [-0.39, 0.29) is 12.1 Å². The van der Waals surface area contributed by atoms with Crippen molar-refractivity contribution in [3.8, 4) is 5.69 Å². The van der Waals surface area contributed by atoms with Crippen LogP contribution in [0, 0.1) is 13.8 Å². The second-order valence-electron chi connectivity index (χ2n) is 8.32. The van der Waals surface area contributed by atoms with Gasteiger partial charge >= 0.3 is 0 Å². The van der Waals surface area contributed by atoms with Gasteiger partial charge in [-0.2, -0.15) is 0 Å². The quantitative estimate of drug-likeness (QED) is 0.477. The van der Waals surface area contributed by atoms with Crippen LogP contribution >= 0.6 is 12.2 Å². The molecule has 4 nitrogen and oxygen atoms in total. The van der Waals surface area contributed by atoms with Crippen molar-refractivity contribution in [3.05, 3.63) is 82.9 Å². The molecule has 0 saturated carbocycles. The Balaban J connectivity index is 1.83. The lowest BCUT2D eigenvalue weighted by Gasteiger charge is -2.28. The zero-order valence-electron chi connectivity index (χ0n) is 18.9. The molecule has 1 N–H and O–H groups in total. The van der Waals surface area contributed by atoms with E-state index in [1.54, 1.807) is 0 Å². The fourth-order valence-electron chi connectivity index (χ4n) is 4.80. The first kappa shape index (κ1) is 21.6. The number of unbranched alkanes of at least 4 members (excludes halogenated alkanes) is 1. The molecule has 1 saturated heterocycles. The minimum atomic E-state index is 0.0425. The third-order valence-corrected chi connectivity index (χ3v) is 6.71. The van der Waals surface area contributed by atoms with E-state index in [1.807, 2.05) is 12.3 Å². The van der Waals surface area contributed by atoms with Crippen LogP contribution in [0.4, 0.5) is 0 Å². The smallest absolute Gasteiger partial charge is 0.170 e. The molecular weight excluding hydrogens is 400 g/mol. The van der Waals surface area contributed by atoms with Gasteiger partial charge in [0.05, 0.1) is 17.8 Å². The van der Waals surface area contributed by atoms with E-state index in [0.29, 0.717) is 0 Å². The zero-order chi connectivity index (χ0) is 22.0. The number of aromatic nitrogens is 2. The van der Waals surface area contributed by atoms with E-state index in [1.165, 1.54) is 28.2 Å².